The van der Waals surface area contributed by atoms with Gasteiger partial charge in [-0.1, -0.05) is 15.9 Å². The molecule has 2 nitrogen and oxygen atoms in total. The van der Waals surface area contributed by atoms with Crippen molar-refractivity contribution in [1.29, 1.82) is 0 Å². The number of hydrogen-bond donors (Lipinski definition) is 0. The Bertz CT molecular complexity index is 359. The first-order chi connectivity index (χ1) is 6.56. The third kappa shape index (κ3) is 2.48. The Kier molecular flexibility index (Phi) is 3.95. The molecule has 0 unspecified atom stereocenters. The SMILES string of the molecule is O=C(Cl)c1ncc(C(F)F)cc1CBr. The molecule has 0 amide bonds. The van der Waals surface area contributed by atoms with E-state index in [1.807, 2.05) is 0 Å². The predicted octanol–water partition coefficient (Wildman–Crippen LogP) is 3.29. The van der Waals surface area contributed by atoms with Gasteiger partial charge in [0.25, 0.3) is 11.7 Å². The molecule has 1 aromatic heterocycles. The maximum absolute atomic E-state index is 12.2. The van der Waals surface area contributed by atoms with Crippen LogP contribution in [0.25, 0.3) is 0 Å². The van der Waals surface area contributed by atoms with Crippen LogP contribution >= 0.6 is 27.5 Å². The topological polar surface area (TPSA) is 30.0 Å². The first-order valence-electron chi connectivity index (χ1n) is 3.59. The molecule has 0 atom stereocenters. The van der Waals surface area contributed by atoms with Crippen LogP contribution in [0.15, 0.2) is 12.3 Å². The van der Waals surface area contributed by atoms with Crippen molar-refractivity contribution >= 4 is 32.8 Å². The molecule has 1 heterocycles. The summed E-state index contributed by atoms with van der Waals surface area (Å²) in [6.07, 6.45) is -1.65. The maximum atomic E-state index is 12.2. The Labute approximate surface area is 92.4 Å². The highest BCUT2D eigenvalue weighted by atomic mass is 79.9. The van der Waals surface area contributed by atoms with E-state index in [0.29, 0.717) is 5.56 Å². The monoisotopic (exact) mass is 283 g/mol. The van der Waals surface area contributed by atoms with E-state index in [-0.39, 0.29) is 16.6 Å². The summed E-state index contributed by atoms with van der Waals surface area (Å²) in [4.78, 5) is 14.4. The fourth-order valence-electron chi connectivity index (χ4n) is 0.927. The van der Waals surface area contributed by atoms with E-state index in [2.05, 4.69) is 20.9 Å². The van der Waals surface area contributed by atoms with Crippen LogP contribution in [0, 0.1) is 0 Å². The molecule has 0 saturated heterocycles. The van der Waals surface area contributed by atoms with Gasteiger partial charge in [0.05, 0.1) is 0 Å². The molecule has 1 rings (SSSR count). The molecular formula is C8H5BrClF2NO. The van der Waals surface area contributed by atoms with Crippen molar-refractivity contribution < 1.29 is 13.6 Å². The second kappa shape index (κ2) is 4.79. The second-order valence-electron chi connectivity index (χ2n) is 2.48. The molecule has 6 heteroatoms. The van der Waals surface area contributed by atoms with Gasteiger partial charge in [-0.3, -0.25) is 9.78 Å². The van der Waals surface area contributed by atoms with Crippen LogP contribution in [0.2, 0.25) is 0 Å². The highest BCUT2D eigenvalue weighted by Gasteiger charge is 2.14. The molecule has 0 aromatic carbocycles. The smallest absolute Gasteiger partial charge is 0.271 e. The molecule has 0 bridgehead atoms. The minimum atomic E-state index is -2.60. The van der Waals surface area contributed by atoms with Crippen molar-refractivity contribution in [3.05, 3.63) is 29.1 Å². The fourth-order valence-corrected chi connectivity index (χ4v) is 1.52. The number of halogens is 4. The van der Waals surface area contributed by atoms with E-state index in [1.54, 1.807) is 0 Å². The van der Waals surface area contributed by atoms with Crippen molar-refractivity contribution in [3.63, 3.8) is 0 Å². The van der Waals surface area contributed by atoms with Gasteiger partial charge in [0, 0.05) is 17.1 Å². The summed E-state index contributed by atoms with van der Waals surface area (Å²) in [5, 5.41) is -0.491. The molecule has 0 fully saturated rings. The van der Waals surface area contributed by atoms with Crippen LogP contribution in [-0.2, 0) is 5.33 Å². The normalized spacial score (nSPS) is 10.6. The first kappa shape index (κ1) is 11.5. The van der Waals surface area contributed by atoms with E-state index in [1.165, 1.54) is 6.07 Å². The number of carbonyl (C=O) groups is 1. The fraction of sp³-hybridized carbons (Fsp3) is 0.250. The van der Waals surface area contributed by atoms with Crippen LogP contribution < -0.4 is 0 Å². The second-order valence-corrected chi connectivity index (χ2v) is 3.39. The van der Waals surface area contributed by atoms with Crippen LogP contribution in [0.3, 0.4) is 0 Å². The highest BCUT2D eigenvalue weighted by Crippen LogP contribution is 2.22. The third-order valence-corrected chi connectivity index (χ3v) is 2.35. The summed E-state index contributed by atoms with van der Waals surface area (Å²) in [7, 11) is 0. The van der Waals surface area contributed by atoms with Gasteiger partial charge in [0.2, 0.25) is 0 Å². The number of hydrogen-bond acceptors (Lipinski definition) is 2. The summed E-state index contributed by atoms with van der Waals surface area (Å²) in [5.74, 6) is 0. The molecule has 0 aliphatic carbocycles. The number of nitrogens with zero attached hydrogens (tertiary/aromatic N) is 1. The summed E-state index contributed by atoms with van der Waals surface area (Å²) in [6.45, 7) is 0. The van der Waals surface area contributed by atoms with Gasteiger partial charge >= 0.3 is 0 Å². The molecule has 0 saturated carbocycles. The lowest BCUT2D eigenvalue weighted by molar-refractivity contribution is 0.107. The molecule has 0 aliphatic rings. The van der Waals surface area contributed by atoms with Gasteiger partial charge in [-0.05, 0) is 23.2 Å². The summed E-state index contributed by atoms with van der Waals surface area (Å²) < 4.78 is 24.5. The molecule has 0 aliphatic heterocycles. The molecule has 1 aromatic rings. The lowest BCUT2D eigenvalue weighted by Gasteiger charge is -2.04. The van der Waals surface area contributed by atoms with E-state index in [9.17, 15) is 13.6 Å². The third-order valence-electron chi connectivity index (χ3n) is 1.57. The zero-order chi connectivity index (χ0) is 10.7. The summed E-state index contributed by atoms with van der Waals surface area (Å²) in [5.41, 5.74) is 0.150. The molecule has 14 heavy (non-hydrogen) atoms. The van der Waals surface area contributed by atoms with Crippen LogP contribution in [0.4, 0.5) is 8.78 Å². The van der Waals surface area contributed by atoms with Crippen molar-refractivity contribution in [1.82, 2.24) is 4.98 Å². The Morgan fingerprint density at radius 1 is 1.64 bits per heavy atom. The highest BCUT2D eigenvalue weighted by molar-refractivity contribution is 9.08. The Morgan fingerprint density at radius 2 is 2.29 bits per heavy atom. The van der Waals surface area contributed by atoms with Crippen molar-refractivity contribution in [2.45, 2.75) is 11.8 Å². The molecule has 0 spiro atoms. The lowest BCUT2D eigenvalue weighted by atomic mass is 10.1. The van der Waals surface area contributed by atoms with Gasteiger partial charge in [-0.2, -0.15) is 0 Å². The number of alkyl halides is 3. The molecular weight excluding hydrogens is 279 g/mol. The van der Waals surface area contributed by atoms with Crippen molar-refractivity contribution in [2.24, 2.45) is 0 Å². The van der Waals surface area contributed by atoms with Crippen molar-refractivity contribution in [3.8, 4) is 0 Å². The van der Waals surface area contributed by atoms with Gasteiger partial charge in [0.15, 0.2) is 0 Å². The quantitative estimate of drug-likeness (QED) is 0.630. The van der Waals surface area contributed by atoms with Crippen molar-refractivity contribution in [2.75, 3.05) is 0 Å². The number of aromatic nitrogens is 1. The first-order valence-corrected chi connectivity index (χ1v) is 5.09. The Balaban J connectivity index is 3.18. The van der Waals surface area contributed by atoms with Crippen LogP contribution in [-0.4, -0.2) is 10.2 Å². The number of rotatable bonds is 3. The Hall–Kier alpha value is -0.550. The number of carbonyl (C=O) groups excluding carboxylic acids is 1. The number of pyridine rings is 1. The lowest BCUT2D eigenvalue weighted by Crippen LogP contribution is -2.01. The van der Waals surface area contributed by atoms with E-state index >= 15 is 0 Å². The standard InChI is InChI=1S/C8H5BrClF2NO/c9-2-4-1-5(8(11)12)3-13-6(4)7(10)14/h1,3,8H,2H2. The average Bonchev–Trinajstić information content (AvgIpc) is 2.16. The van der Waals surface area contributed by atoms with E-state index < -0.39 is 11.7 Å². The van der Waals surface area contributed by atoms with E-state index in [4.69, 9.17) is 11.6 Å². The van der Waals surface area contributed by atoms with E-state index in [0.717, 1.165) is 6.20 Å². The molecule has 0 N–H and O–H groups in total. The average molecular weight is 284 g/mol. The Morgan fingerprint density at radius 3 is 2.71 bits per heavy atom. The maximum Gasteiger partial charge on any atom is 0.271 e. The zero-order valence-electron chi connectivity index (χ0n) is 6.81. The summed E-state index contributed by atoms with van der Waals surface area (Å²) in [6, 6.07) is 1.21. The minimum Gasteiger partial charge on any atom is -0.274 e. The summed E-state index contributed by atoms with van der Waals surface area (Å²) >= 11 is 8.27. The van der Waals surface area contributed by atoms with Gasteiger partial charge in [-0.25, -0.2) is 8.78 Å². The largest absolute Gasteiger partial charge is 0.274 e. The molecule has 0 radical (unpaired) electrons. The van der Waals surface area contributed by atoms with Gasteiger partial charge in [0.1, 0.15) is 5.69 Å². The van der Waals surface area contributed by atoms with Gasteiger partial charge in [-0.15, -0.1) is 0 Å². The molecule has 76 valence electrons. The van der Waals surface area contributed by atoms with Crippen LogP contribution in [0.1, 0.15) is 28.0 Å². The predicted molar refractivity (Wildman–Crippen MR) is 52.0 cm³/mol. The van der Waals surface area contributed by atoms with Crippen LogP contribution in [0.5, 0.6) is 0 Å². The minimum absolute atomic E-state index is 0.00735. The van der Waals surface area contributed by atoms with Gasteiger partial charge < -0.3 is 0 Å². The zero-order valence-corrected chi connectivity index (χ0v) is 9.15.